The highest BCUT2D eigenvalue weighted by Crippen LogP contribution is 2.27. The Morgan fingerprint density at radius 3 is 2.50 bits per heavy atom. The lowest BCUT2D eigenvalue weighted by Gasteiger charge is -2.08. The number of nitrogens with two attached hydrogens (primary N) is 1. The van der Waals surface area contributed by atoms with Gasteiger partial charge in [0.15, 0.2) is 0 Å². The van der Waals surface area contributed by atoms with Crippen LogP contribution in [0.25, 0.3) is 0 Å². The Bertz CT molecular complexity index is 523. The molecule has 0 amide bonds. The van der Waals surface area contributed by atoms with Crippen LogP contribution in [0.3, 0.4) is 0 Å². The molecule has 0 spiro atoms. The van der Waals surface area contributed by atoms with Gasteiger partial charge in [0, 0.05) is 22.2 Å². The van der Waals surface area contributed by atoms with E-state index in [-0.39, 0.29) is 0 Å². The van der Waals surface area contributed by atoms with E-state index in [9.17, 15) is 0 Å². The highest BCUT2D eigenvalue weighted by molar-refractivity contribution is 7.98. The quantitative estimate of drug-likeness (QED) is 0.839. The summed E-state index contributed by atoms with van der Waals surface area (Å²) in [4.78, 5) is 1.27. The molecule has 0 saturated carbocycles. The van der Waals surface area contributed by atoms with Crippen LogP contribution in [0.2, 0.25) is 5.02 Å². The van der Waals surface area contributed by atoms with Crippen molar-refractivity contribution in [1.82, 2.24) is 0 Å². The van der Waals surface area contributed by atoms with Gasteiger partial charge < -0.3 is 5.73 Å². The van der Waals surface area contributed by atoms with E-state index in [4.69, 9.17) is 17.3 Å². The van der Waals surface area contributed by atoms with Crippen molar-refractivity contribution >= 4 is 23.4 Å². The minimum Gasteiger partial charge on any atom is -0.326 e. The summed E-state index contributed by atoms with van der Waals surface area (Å²) in [5, 5.41) is 0.780. The van der Waals surface area contributed by atoms with Gasteiger partial charge in [-0.05, 0) is 41.8 Å². The van der Waals surface area contributed by atoms with Crippen molar-refractivity contribution in [3.63, 3.8) is 0 Å². The van der Waals surface area contributed by atoms with Crippen molar-refractivity contribution in [2.24, 2.45) is 5.73 Å². The Balaban J connectivity index is 2.09. The lowest BCUT2D eigenvalue weighted by atomic mass is 10.1. The van der Waals surface area contributed by atoms with Gasteiger partial charge in [0.1, 0.15) is 0 Å². The van der Waals surface area contributed by atoms with Crippen molar-refractivity contribution in [2.45, 2.75) is 24.1 Å². The molecule has 0 fully saturated rings. The largest absolute Gasteiger partial charge is 0.326 e. The van der Waals surface area contributed by atoms with Crippen molar-refractivity contribution < 1.29 is 0 Å². The summed E-state index contributed by atoms with van der Waals surface area (Å²) >= 11 is 7.70. The Kier molecular flexibility index (Phi) is 4.70. The van der Waals surface area contributed by atoms with E-state index in [1.165, 1.54) is 21.6 Å². The first kappa shape index (κ1) is 13.5. The van der Waals surface area contributed by atoms with Gasteiger partial charge in [0.25, 0.3) is 0 Å². The van der Waals surface area contributed by atoms with Gasteiger partial charge in [0.2, 0.25) is 0 Å². The molecule has 1 nitrogen and oxygen atoms in total. The first-order valence-corrected chi connectivity index (χ1v) is 7.22. The molecule has 2 aromatic rings. The summed E-state index contributed by atoms with van der Waals surface area (Å²) in [7, 11) is 0. The number of halogens is 1. The van der Waals surface area contributed by atoms with E-state index in [1.54, 1.807) is 0 Å². The van der Waals surface area contributed by atoms with Crippen LogP contribution in [0.1, 0.15) is 16.7 Å². The topological polar surface area (TPSA) is 26.0 Å². The van der Waals surface area contributed by atoms with Crippen LogP contribution >= 0.6 is 23.4 Å². The van der Waals surface area contributed by atoms with Crippen LogP contribution in [0, 0.1) is 6.92 Å². The first-order chi connectivity index (χ1) is 8.69. The van der Waals surface area contributed by atoms with Crippen molar-refractivity contribution in [2.75, 3.05) is 0 Å². The molecule has 0 aromatic heterocycles. The molecular weight excluding hydrogens is 262 g/mol. The molecule has 2 rings (SSSR count). The molecule has 0 heterocycles. The van der Waals surface area contributed by atoms with Crippen molar-refractivity contribution in [3.05, 3.63) is 64.2 Å². The smallest absolute Gasteiger partial charge is 0.0406 e. The number of rotatable bonds is 4. The third-order valence-electron chi connectivity index (χ3n) is 2.75. The monoisotopic (exact) mass is 277 g/mol. The highest BCUT2D eigenvalue weighted by Gasteiger charge is 2.03. The molecule has 0 saturated heterocycles. The van der Waals surface area contributed by atoms with Crippen LogP contribution in [0.15, 0.2) is 47.4 Å². The van der Waals surface area contributed by atoms with E-state index in [1.807, 2.05) is 23.9 Å². The summed E-state index contributed by atoms with van der Waals surface area (Å²) in [6.45, 7) is 2.69. The van der Waals surface area contributed by atoms with E-state index in [0.29, 0.717) is 6.54 Å². The number of thioether (sulfide) groups is 1. The van der Waals surface area contributed by atoms with E-state index in [0.717, 1.165) is 10.8 Å². The second kappa shape index (κ2) is 6.28. The van der Waals surface area contributed by atoms with Crippen LogP contribution < -0.4 is 5.73 Å². The molecular formula is C15H16ClNS. The van der Waals surface area contributed by atoms with Crippen LogP contribution in [-0.2, 0) is 12.3 Å². The number of hydrogen-bond acceptors (Lipinski definition) is 2. The number of aryl methyl sites for hydroxylation is 1. The van der Waals surface area contributed by atoms with Gasteiger partial charge in [0.05, 0.1) is 0 Å². The predicted molar refractivity (Wildman–Crippen MR) is 80.1 cm³/mol. The lowest BCUT2D eigenvalue weighted by Crippen LogP contribution is -1.98. The summed E-state index contributed by atoms with van der Waals surface area (Å²) in [6, 6.07) is 14.4. The molecule has 0 aliphatic rings. The normalized spacial score (nSPS) is 10.6. The second-order valence-corrected chi connectivity index (χ2v) is 5.68. The highest BCUT2D eigenvalue weighted by atomic mass is 35.5. The average molecular weight is 278 g/mol. The van der Waals surface area contributed by atoms with Gasteiger partial charge in [-0.25, -0.2) is 0 Å². The maximum atomic E-state index is 5.87. The Morgan fingerprint density at radius 2 is 1.83 bits per heavy atom. The molecule has 3 heteroatoms. The van der Waals surface area contributed by atoms with E-state index < -0.39 is 0 Å². The molecule has 0 unspecified atom stereocenters. The molecule has 2 N–H and O–H groups in total. The summed E-state index contributed by atoms with van der Waals surface area (Å²) in [5.41, 5.74) is 9.51. The zero-order valence-corrected chi connectivity index (χ0v) is 11.9. The maximum absolute atomic E-state index is 5.87. The van der Waals surface area contributed by atoms with Gasteiger partial charge in [-0.3, -0.25) is 0 Å². The third kappa shape index (κ3) is 3.52. The van der Waals surface area contributed by atoms with Gasteiger partial charge >= 0.3 is 0 Å². The molecule has 0 aliphatic carbocycles. The van der Waals surface area contributed by atoms with Gasteiger partial charge in [-0.1, -0.05) is 35.9 Å². The maximum Gasteiger partial charge on any atom is 0.0406 e. The SMILES string of the molecule is Cc1ccc(CN)c(SCc2ccc(Cl)cc2)c1. The minimum absolute atomic E-state index is 0.587. The summed E-state index contributed by atoms with van der Waals surface area (Å²) < 4.78 is 0. The van der Waals surface area contributed by atoms with Crippen molar-refractivity contribution in [1.29, 1.82) is 0 Å². The average Bonchev–Trinajstić information content (AvgIpc) is 2.38. The molecule has 0 radical (unpaired) electrons. The molecule has 94 valence electrons. The fourth-order valence-corrected chi connectivity index (χ4v) is 2.95. The van der Waals surface area contributed by atoms with Gasteiger partial charge in [-0.2, -0.15) is 0 Å². The fraction of sp³-hybridized carbons (Fsp3) is 0.200. The lowest BCUT2D eigenvalue weighted by molar-refractivity contribution is 1.02. The Morgan fingerprint density at radius 1 is 1.11 bits per heavy atom. The molecule has 0 bridgehead atoms. The second-order valence-electron chi connectivity index (χ2n) is 4.23. The van der Waals surface area contributed by atoms with Crippen LogP contribution in [0.5, 0.6) is 0 Å². The van der Waals surface area contributed by atoms with Crippen LogP contribution in [-0.4, -0.2) is 0 Å². The Labute approximate surface area is 117 Å². The molecule has 2 aromatic carbocycles. The molecule has 0 aliphatic heterocycles. The van der Waals surface area contributed by atoms with Gasteiger partial charge in [-0.15, -0.1) is 11.8 Å². The van der Waals surface area contributed by atoms with E-state index >= 15 is 0 Å². The third-order valence-corrected chi connectivity index (χ3v) is 4.17. The van der Waals surface area contributed by atoms with Crippen molar-refractivity contribution in [3.8, 4) is 0 Å². The molecule has 0 atom stereocenters. The first-order valence-electron chi connectivity index (χ1n) is 5.86. The Hall–Kier alpha value is -0.960. The van der Waals surface area contributed by atoms with Crippen LogP contribution in [0.4, 0.5) is 0 Å². The molecule has 18 heavy (non-hydrogen) atoms. The standard InChI is InChI=1S/C15H16ClNS/c1-11-2-5-13(9-17)15(8-11)18-10-12-3-6-14(16)7-4-12/h2-8H,9-10,17H2,1H3. The zero-order chi connectivity index (χ0) is 13.0. The summed E-state index contributed by atoms with van der Waals surface area (Å²) in [5.74, 6) is 0.938. The summed E-state index contributed by atoms with van der Waals surface area (Å²) in [6.07, 6.45) is 0. The van der Waals surface area contributed by atoms with E-state index in [2.05, 4.69) is 37.3 Å². The minimum atomic E-state index is 0.587. The number of benzene rings is 2. The number of hydrogen-bond donors (Lipinski definition) is 1. The fourth-order valence-electron chi connectivity index (χ4n) is 1.71. The zero-order valence-electron chi connectivity index (χ0n) is 10.3. The predicted octanol–water partition coefficient (Wildman–Crippen LogP) is 4.40.